The first-order valence-corrected chi connectivity index (χ1v) is 7.21. The van der Waals surface area contributed by atoms with Crippen molar-refractivity contribution in [3.05, 3.63) is 66.1 Å². The molecular formula is C18H16FNO5. The molecule has 7 heteroatoms. The standard InChI is InChI=1S/C18H16FNO5/c1-23-17(21)11-15(18(22)24-2)20-14-8-3-4-9-16(14)25-13-7-5-6-12(19)10-13/h3-11,20H,1-2H3/b15-11+. The van der Waals surface area contributed by atoms with Crippen molar-refractivity contribution < 1.29 is 28.2 Å². The Balaban J connectivity index is 2.31. The van der Waals surface area contributed by atoms with Gasteiger partial charge in [-0.15, -0.1) is 0 Å². The Hall–Kier alpha value is -3.35. The SMILES string of the molecule is COC(=O)/C=C(/Nc1ccccc1Oc1cccc(F)c1)C(=O)OC. The lowest BCUT2D eigenvalue weighted by Gasteiger charge is -2.14. The van der Waals surface area contributed by atoms with Crippen LogP contribution < -0.4 is 10.1 Å². The molecule has 0 aromatic heterocycles. The molecule has 2 aromatic rings. The molecular weight excluding hydrogens is 329 g/mol. The normalized spacial score (nSPS) is 10.8. The van der Waals surface area contributed by atoms with E-state index < -0.39 is 17.8 Å². The van der Waals surface area contributed by atoms with Crippen molar-refractivity contribution in [2.75, 3.05) is 19.5 Å². The molecule has 2 rings (SSSR count). The lowest BCUT2D eigenvalue weighted by molar-refractivity contribution is -0.138. The smallest absolute Gasteiger partial charge is 0.354 e. The summed E-state index contributed by atoms with van der Waals surface area (Å²) < 4.78 is 28.1. The summed E-state index contributed by atoms with van der Waals surface area (Å²) in [5, 5.41) is 2.77. The van der Waals surface area contributed by atoms with E-state index in [1.165, 1.54) is 32.4 Å². The number of benzene rings is 2. The lowest BCUT2D eigenvalue weighted by atomic mass is 10.2. The molecule has 0 bridgehead atoms. The van der Waals surface area contributed by atoms with Crippen LogP contribution in [-0.4, -0.2) is 26.2 Å². The molecule has 2 aromatic carbocycles. The number of nitrogens with one attached hydrogen (secondary N) is 1. The molecule has 0 fully saturated rings. The number of halogens is 1. The number of carbonyl (C=O) groups excluding carboxylic acids is 2. The van der Waals surface area contributed by atoms with Crippen molar-refractivity contribution in [2.24, 2.45) is 0 Å². The largest absolute Gasteiger partial charge is 0.466 e. The Bertz CT molecular complexity index is 804. The Labute approximate surface area is 143 Å². The van der Waals surface area contributed by atoms with E-state index in [1.54, 1.807) is 30.3 Å². The van der Waals surface area contributed by atoms with E-state index in [0.29, 0.717) is 11.4 Å². The molecule has 1 N–H and O–H groups in total. The third-order valence-electron chi connectivity index (χ3n) is 3.05. The number of ether oxygens (including phenoxy) is 3. The van der Waals surface area contributed by atoms with Crippen molar-refractivity contribution in [1.82, 2.24) is 0 Å². The number of methoxy groups -OCH3 is 2. The number of rotatable bonds is 6. The molecule has 0 saturated carbocycles. The maximum atomic E-state index is 13.3. The highest BCUT2D eigenvalue weighted by Crippen LogP contribution is 2.30. The van der Waals surface area contributed by atoms with Crippen LogP contribution >= 0.6 is 0 Å². The van der Waals surface area contributed by atoms with Crippen molar-refractivity contribution in [3.63, 3.8) is 0 Å². The molecule has 130 valence electrons. The Morgan fingerprint density at radius 1 is 1.04 bits per heavy atom. The number of anilines is 1. The highest BCUT2D eigenvalue weighted by atomic mass is 19.1. The van der Waals surface area contributed by atoms with Crippen molar-refractivity contribution in [3.8, 4) is 11.5 Å². The molecule has 0 atom stereocenters. The predicted molar refractivity (Wildman–Crippen MR) is 88.7 cm³/mol. The van der Waals surface area contributed by atoms with Gasteiger partial charge in [0.1, 0.15) is 17.3 Å². The molecule has 0 aliphatic rings. The second-order valence-electron chi connectivity index (χ2n) is 4.75. The third kappa shape index (κ3) is 5.07. The van der Waals surface area contributed by atoms with Gasteiger partial charge in [-0.3, -0.25) is 0 Å². The summed E-state index contributed by atoms with van der Waals surface area (Å²) in [6.45, 7) is 0. The van der Waals surface area contributed by atoms with E-state index in [1.807, 2.05) is 0 Å². The van der Waals surface area contributed by atoms with Gasteiger partial charge < -0.3 is 19.5 Å². The van der Waals surface area contributed by atoms with Crippen molar-refractivity contribution in [2.45, 2.75) is 0 Å². The van der Waals surface area contributed by atoms with Gasteiger partial charge in [0.2, 0.25) is 0 Å². The van der Waals surface area contributed by atoms with Gasteiger partial charge in [-0.1, -0.05) is 18.2 Å². The summed E-state index contributed by atoms with van der Waals surface area (Å²) in [5.41, 5.74) is 0.247. The maximum absolute atomic E-state index is 13.3. The molecule has 0 amide bonds. The van der Waals surface area contributed by atoms with Crippen LogP contribution in [0.3, 0.4) is 0 Å². The highest BCUT2D eigenvalue weighted by Gasteiger charge is 2.15. The number of hydrogen-bond donors (Lipinski definition) is 1. The minimum Gasteiger partial charge on any atom is -0.466 e. The highest BCUT2D eigenvalue weighted by molar-refractivity contribution is 5.99. The molecule has 0 unspecified atom stereocenters. The first-order valence-electron chi connectivity index (χ1n) is 7.21. The summed E-state index contributed by atoms with van der Waals surface area (Å²) in [6, 6.07) is 12.3. The fourth-order valence-corrected chi connectivity index (χ4v) is 1.89. The third-order valence-corrected chi connectivity index (χ3v) is 3.05. The molecule has 0 radical (unpaired) electrons. The first-order chi connectivity index (χ1) is 12.0. The summed E-state index contributed by atoms with van der Waals surface area (Å²) in [6.07, 6.45) is 0.963. The Kier molecular flexibility index (Phi) is 6.11. The van der Waals surface area contributed by atoms with Gasteiger partial charge in [0.15, 0.2) is 5.75 Å². The monoisotopic (exact) mass is 345 g/mol. The average Bonchev–Trinajstić information content (AvgIpc) is 2.62. The van der Waals surface area contributed by atoms with E-state index in [4.69, 9.17) is 4.74 Å². The minimum absolute atomic E-state index is 0.135. The van der Waals surface area contributed by atoms with Gasteiger partial charge in [-0.05, 0) is 24.3 Å². The predicted octanol–water partition coefficient (Wildman–Crippen LogP) is 3.26. The Morgan fingerprint density at radius 2 is 1.80 bits per heavy atom. The lowest BCUT2D eigenvalue weighted by Crippen LogP contribution is -2.15. The van der Waals surface area contributed by atoms with Crippen LogP contribution in [-0.2, 0) is 19.1 Å². The van der Waals surface area contributed by atoms with E-state index in [-0.39, 0.29) is 11.4 Å². The van der Waals surface area contributed by atoms with E-state index in [0.717, 1.165) is 6.08 Å². The second kappa shape index (κ2) is 8.49. The van der Waals surface area contributed by atoms with Gasteiger partial charge >= 0.3 is 11.9 Å². The zero-order valence-corrected chi connectivity index (χ0v) is 13.6. The van der Waals surface area contributed by atoms with E-state index >= 15 is 0 Å². The number of esters is 2. The molecule has 0 aliphatic heterocycles. The van der Waals surface area contributed by atoms with Crippen molar-refractivity contribution >= 4 is 17.6 Å². The Morgan fingerprint density at radius 3 is 2.48 bits per heavy atom. The van der Waals surface area contributed by atoms with Crippen LogP contribution in [0, 0.1) is 5.82 Å². The average molecular weight is 345 g/mol. The fourth-order valence-electron chi connectivity index (χ4n) is 1.89. The minimum atomic E-state index is -0.758. The number of para-hydroxylation sites is 2. The van der Waals surface area contributed by atoms with Gasteiger partial charge in [0, 0.05) is 6.07 Å². The van der Waals surface area contributed by atoms with Crippen LogP contribution in [0.4, 0.5) is 10.1 Å². The van der Waals surface area contributed by atoms with Gasteiger partial charge in [0.25, 0.3) is 0 Å². The van der Waals surface area contributed by atoms with Crippen LogP contribution in [0.15, 0.2) is 60.3 Å². The van der Waals surface area contributed by atoms with Gasteiger partial charge in [0.05, 0.1) is 26.0 Å². The van der Waals surface area contributed by atoms with Gasteiger partial charge in [-0.25, -0.2) is 14.0 Å². The summed E-state index contributed by atoms with van der Waals surface area (Å²) in [4.78, 5) is 23.3. The maximum Gasteiger partial charge on any atom is 0.354 e. The molecule has 0 heterocycles. The number of hydrogen-bond acceptors (Lipinski definition) is 6. The van der Waals surface area contributed by atoms with Crippen LogP contribution in [0.2, 0.25) is 0 Å². The quantitative estimate of drug-likeness (QED) is 0.640. The second-order valence-corrected chi connectivity index (χ2v) is 4.75. The zero-order chi connectivity index (χ0) is 18.2. The molecule has 25 heavy (non-hydrogen) atoms. The fraction of sp³-hybridized carbons (Fsp3) is 0.111. The zero-order valence-electron chi connectivity index (χ0n) is 13.6. The topological polar surface area (TPSA) is 73.9 Å². The van der Waals surface area contributed by atoms with Crippen molar-refractivity contribution in [1.29, 1.82) is 0 Å². The molecule has 0 spiro atoms. The summed E-state index contributed by atoms with van der Waals surface area (Å²) in [7, 11) is 2.37. The summed E-state index contributed by atoms with van der Waals surface area (Å²) in [5.74, 6) is -1.32. The van der Waals surface area contributed by atoms with Crippen LogP contribution in [0.25, 0.3) is 0 Å². The molecule has 0 saturated heterocycles. The van der Waals surface area contributed by atoms with E-state index in [9.17, 15) is 14.0 Å². The molecule has 6 nitrogen and oxygen atoms in total. The van der Waals surface area contributed by atoms with Gasteiger partial charge in [-0.2, -0.15) is 0 Å². The number of carbonyl (C=O) groups is 2. The summed E-state index contributed by atoms with van der Waals surface area (Å²) >= 11 is 0. The first kappa shape index (κ1) is 18.0. The van der Waals surface area contributed by atoms with Crippen LogP contribution in [0.5, 0.6) is 11.5 Å². The van der Waals surface area contributed by atoms with E-state index in [2.05, 4.69) is 14.8 Å². The molecule has 0 aliphatic carbocycles. The van der Waals surface area contributed by atoms with Crippen LogP contribution in [0.1, 0.15) is 0 Å².